The summed E-state index contributed by atoms with van der Waals surface area (Å²) in [7, 11) is 0. The van der Waals surface area contributed by atoms with Gasteiger partial charge >= 0.3 is 5.97 Å². The van der Waals surface area contributed by atoms with Crippen LogP contribution >= 0.6 is 23.2 Å². The molecular weight excluding hydrogens is 321 g/mol. The number of hydrogen-bond acceptors (Lipinski definition) is 3. The van der Waals surface area contributed by atoms with Crippen molar-refractivity contribution in [2.24, 2.45) is 4.99 Å². The third kappa shape index (κ3) is 3.38. The number of cyclic esters (lactones) is 1. The standard InChI is InChI=1S/C17H11Cl2NO2/c18-13-7-6-12(14(19)10-13)9-15-17(21)22-16(20-15)8-11-4-2-1-3-5-11/h1-7,9-10H,8H2/b15-9+. The largest absolute Gasteiger partial charge is 0.406 e. The number of hydrogen-bond donors (Lipinski definition) is 0. The zero-order chi connectivity index (χ0) is 15.5. The fourth-order valence-corrected chi connectivity index (χ4v) is 2.53. The minimum Gasteiger partial charge on any atom is -0.406 e. The zero-order valence-electron chi connectivity index (χ0n) is 11.4. The van der Waals surface area contributed by atoms with Gasteiger partial charge in [-0.3, -0.25) is 0 Å². The van der Waals surface area contributed by atoms with Crippen LogP contribution in [0.3, 0.4) is 0 Å². The molecule has 2 aromatic rings. The van der Waals surface area contributed by atoms with Gasteiger partial charge in [-0.05, 0) is 29.3 Å². The van der Waals surface area contributed by atoms with Crippen LogP contribution in [-0.4, -0.2) is 11.9 Å². The second-order valence-corrected chi connectivity index (χ2v) is 5.60. The van der Waals surface area contributed by atoms with Gasteiger partial charge < -0.3 is 4.74 Å². The molecule has 3 nitrogen and oxygen atoms in total. The number of aliphatic imine (C=N–C) groups is 1. The third-order valence-corrected chi connectivity index (χ3v) is 3.68. The fraction of sp³-hybridized carbons (Fsp3) is 0.0588. The summed E-state index contributed by atoms with van der Waals surface area (Å²) in [6, 6.07) is 14.7. The predicted molar refractivity (Wildman–Crippen MR) is 88.1 cm³/mol. The first-order chi connectivity index (χ1) is 10.6. The van der Waals surface area contributed by atoms with Gasteiger partial charge in [0.05, 0.1) is 0 Å². The van der Waals surface area contributed by atoms with Crippen LogP contribution in [0.5, 0.6) is 0 Å². The summed E-state index contributed by atoms with van der Waals surface area (Å²) < 4.78 is 5.19. The van der Waals surface area contributed by atoms with Crippen molar-refractivity contribution in [2.75, 3.05) is 0 Å². The summed E-state index contributed by atoms with van der Waals surface area (Å²) in [5, 5.41) is 0.994. The number of halogens is 2. The van der Waals surface area contributed by atoms with Crippen molar-refractivity contribution in [3.63, 3.8) is 0 Å². The Morgan fingerprint density at radius 2 is 1.86 bits per heavy atom. The van der Waals surface area contributed by atoms with Gasteiger partial charge in [0.25, 0.3) is 0 Å². The molecule has 1 aliphatic rings. The lowest BCUT2D eigenvalue weighted by Gasteiger charge is -1.99. The van der Waals surface area contributed by atoms with Crippen LogP contribution in [0.2, 0.25) is 10.0 Å². The van der Waals surface area contributed by atoms with Crippen molar-refractivity contribution in [1.82, 2.24) is 0 Å². The highest BCUT2D eigenvalue weighted by molar-refractivity contribution is 6.35. The summed E-state index contributed by atoms with van der Waals surface area (Å²) >= 11 is 11.9. The summed E-state index contributed by atoms with van der Waals surface area (Å²) in [5.41, 5.74) is 1.93. The Hall–Kier alpha value is -2.10. The zero-order valence-corrected chi connectivity index (χ0v) is 12.9. The van der Waals surface area contributed by atoms with E-state index < -0.39 is 5.97 Å². The van der Waals surface area contributed by atoms with Gasteiger partial charge in [0, 0.05) is 16.5 Å². The Balaban J connectivity index is 1.85. The van der Waals surface area contributed by atoms with Crippen LogP contribution in [0.15, 0.2) is 59.2 Å². The molecule has 3 rings (SSSR count). The molecule has 1 aliphatic heterocycles. The molecule has 0 aliphatic carbocycles. The van der Waals surface area contributed by atoms with Gasteiger partial charge in [-0.2, -0.15) is 0 Å². The number of carbonyl (C=O) groups excluding carboxylic acids is 1. The van der Waals surface area contributed by atoms with E-state index in [1.165, 1.54) is 0 Å². The molecule has 0 amide bonds. The number of nitrogens with zero attached hydrogens (tertiary/aromatic N) is 1. The maximum absolute atomic E-state index is 11.9. The first kappa shape index (κ1) is 14.8. The Morgan fingerprint density at radius 1 is 1.09 bits per heavy atom. The van der Waals surface area contributed by atoms with Gasteiger partial charge in [0.2, 0.25) is 5.90 Å². The molecular formula is C17H11Cl2NO2. The predicted octanol–water partition coefficient (Wildman–Crippen LogP) is 4.53. The highest BCUT2D eigenvalue weighted by Crippen LogP contribution is 2.25. The molecule has 110 valence electrons. The van der Waals surface area contributed by atoms with Crippen LogP contribution in [0.25, 0.3) is 6.08 Å². The van der Waals surface area contributed by atoms with E-state index in [2.05, 4.69) is 4.99 Å². The third-order valence-electron chi connectivity index (χ3n) is 3.12. The molecule has 2 aromatic carbocycles. The molecule has 0 fully saturated rings. The molecule has 5 heteroatoms. The quantitative estimate of drug-likeness (QED) is 0.612. The van der Waals surface area contributed by atoms with Gasteiger partial charge in [-0.25, -0.2) is 9.79 Å². The summed E-state index contributed by atoms with van der Waals surface area (Å²) in [6.07, 6.45) is 2.07. The molecule has 1 heterocycles. The van der Waals surface area contributed by atoms with E-state index in [4.69, 9.17) is 27.9 Å². The Labute approximate surface area is 137 Å². The van der Waals surface area contributed by atoms with E-state index in [1.807, 2.05) is 30.3 Å². The maximum atomic E-state index is 11.9. The van der Waals surface area contributed by atoms with Gasteiger partial charge in [-0.15, -0.1) is 0 Å². The second kappa shape index (κ2) is 6.34. The molecule has 0 unspecified atom stereocenters. The smallest absolute Gasteiger partial charge is 0.363 e. The Bertz CT molecular complexity index is 783. The average Bonchev–Trinajstić information content (AvgIpc) is 2.83. The first-order valence-electron chi connectivity index (χ1n) is 6.62. The van der Waals surface area contributed by atoms with Gasteiger partial charge in [0.1, 0.15) is 0 Å². The van der Waals surface area contributed by atoms with Crippen molar-refractivity contribution >= 4 is 41.1 Å². The molecule has 0 saturated heterocycles. The van der Waals surface area contributed by atoms with E-state index in [9.17, 15) is 4.79 Å². The lowest BCUT2D eigenvalue weighted by Crippen LogP contribution is -2.06. The van der Waals surface area contributed by atoms with Gasteiger partial charge in [0.15, 0.2) is 5.70 Å². The van der Waals surface area contributed by atoms with Crippen molar-refractivity contribution in [1.29, 1.82) is 0 Å². The molecule has 0 aromatic heterocycles. The van der Waals surface area contributed by atoms with E-state index in [-0.39, 0.29) is 5.70 Å². The number of rotatable bonds is 3. The fourth-order valence-electron chi connectivity index (χ4n) is 2.07. The van der Waals surface area contributed by atoms with E-state index in [0.29, 0.717) is 27.9 Å². The molecule has 0 N–H and O–H groups in total. The molecule has 0 saturated carbocycles. The number of benzene rings is 2. The summed E-state index contributed by atoms with van der Waals surface area (Å²) in [5.74, 6) is -0.0931. The minimum absolute atomic E-state index is 0.232. The highest BCUT2D eigenvalue weighted by Gasteiger charge is 2.23. The summed E-state index contributed by atoms with van der Waals surface area (Å²) in [6.45, 7) is 0. The van der Waals surface area contributed by atoms with E-state index in [0.717, 1.165) is 5.56 Å². The van der Waals surface area contributed by atoms with Crippen molar-refractivity contribution in [2.45, 2.75) is 6.42 Å². The molecule has 0 radical (unpaired) electrons. The molecule has 0 atom stereocenters. The Morgan fingerprint density at radius 3 is 2.59 bits per heavy atom. The van der Waals surface area contributed by atoms with Crippen LogP contribution in [0.1, 0.15) is 11.1 Å². The van der Waals surface area contributed by atoms with Crippen LogP contribution in [0, 0.1) is 0 Å². The lowest BCUT2D eigenvalue weighted by atomic mass is 10.1. The second-order valence-electron chi connectivity index (χ2n) is 4.75. The monoisotopic (exact) mass is 331 g/mol. The highest BCUT2D eigenvalue weighted by atomic mass is 35.5. The van der Waals surface area contributed by atoms with Crippen molar-refractivity contribution in [3.8, 4) is 0 Å². The maximum Gasteiger partial charge on any atom is 0.363 e. The van der Waals surface area contributed by atoms with Crippen molar-refractivity contribution in [3.05, 3.63) is 75.4 Å². The first-order valence-corrected chi connectivity index (χ1v) is 7.38. The normalized spacial score (nSPS) is 15.8. The topological polar surface area (TPSA) is 38.7 Å². The lowest BCUT2D eigenvalue weighted by molar-refractivity contribution is -0.130. The Kier molecular flexibility index (Phi) is 4.27. The SMILES string of the molecule is O=C1OC(Cc2ccccc2)=N/C1=C/c1ccc(Cl)cc1Cl. The summed E-state index contributed by atoms with van der Waals surface area (Å²) in [4.78, 5) is 16.1. The van der Waals surface area contributed by atoms with Crippen molar-refractivity contribution < 1.29 is 9.53 Å². The van der Waals surface area contributed by atoms with E-state index >= 15 is 0 Å². The molecule has 0 spiro atoms. The number of carbonyl (C=O) groups is 1. The minimum atomic E-state index is -0.475. The molecule has 22 heavy (non-hydrogen) atoms. The van der Waals surface area contributed by atoms with Crippen LogP contribution in [-0.2, 0) is 16.0 Å². The van der Waals surface area contributed by atoms with Gasteiger partial charge in [-0.1, -0.05) is 59.6 Å². The number of ether oxygens (including phenoxy) is 1. The van der Waals surface area contributed by atoms with E-state index in [1.54, 1.807) is 24.3 Å². The number of esters is 1. The molecule has 0 bridgehead atoms. The van der Waals surface area contributed by atoms with Crippen LogP contribution < -0.4 is 0 Å². The van der Waals surface area contributed by atoms with Crippen LogP contribution in [0.4, 0.5) is 0 Å². The average molecular weight is 332 g/mol.